The molecule has 0 bridgehead atoms. The van der Waals surface area contributed by atoms with Gasteiger partial charge in [0.1, 0.15) is 0 Å². The zero-order valence-electron chi connectivity index (χ0n) is 11.4. The molecule has 2 N–H and O–H groups in total. The van der Waals surface area contributed by atoms with Crippen LogP contribution in [-0.2, 0) is 10.0 Å². The lowest BCUT2D eigenvalue weighted by Crippen LogP contribution is -2.56. The lowest BCUT2D eigenvalue weighted by atomic mass is 10.2. The molecule has 1 unspecified atom stereocenters. The van der Waals surface area contributed by atoms with Crippen molar-refractivity contribution in [3.8, 4) is 6.07 Å². The largest absolute Gasteiger partial charge is 0.329 e. The van der Waals surface area contributed by atoms with Gasteiger partial charge in [-0.2, -0.15) is 9.57 Å². The van der Waals surface area contributed by atoms with E-state index in [0.717, 1.165) is 0 Å². The predicted octanol–water partition coefficient (Wildman–Crippen LogP) is -0.178. The maximum Gasteiger partial charge on any atom is 0.243 e. The van der Waals surface area contributed by atoms with Crippen molar-refractivity contribution >= 4 is 10.0 Å². The first-order valence-electron chi connectivity index (χ1n) is 6.39. The van der Waals surface area contributed by atoms with Crippen molar-refractivity contribution in [3.05, 3.63) is 29.8 Å². The lowest BCUT2D eigenvalue weighted by molar-refractivity contribution is 0.164. The first kappa shape index (κ1) is 14.9. The van der Waals surface area contributed by atoms with Crippen LogP contribution in [-0.4, -0.2) is 56.9 Å². The molecule has 1 heterocycles. The Morgan fingerprint density at radius 3 is 2.85 bits per heavy atom. The van der Waals surface area contributed by atoms with E-state index in [1.807, 2.05) is 13.1 Å². The third kappa shape index (κ3) is 2.83. The zero-order chi connectivity index (χ0) is 14.8. The molecule has 20 heavy (non-hydrogen) atoms. The summed E-state index contributed by atoms with van der Waals surface area (Å²) in [6.45, 7) is 1.99. The van der Waals surface area contributed by atoms with Crippen LogP contribution >= 0.6 is 0 Å². The summed E-state index contributed by atoms with van der Waals surface area (Å²) in [6.07, 6.45) is 0. The molecule has 0 radical (unpaired) electrons. The summed E-state index contributed by atoms with van der Waals surface area (Å²) in [4.78, 5) is 2.22. The standard InChI is InChI=1S/C13H18N4O2S/c1-16-5-6-17(12(9-15)10-16)20(18,19)13-4-2-3-11(7-13)8-14/h2-4,7,12H,5-6,9-10,15H2,1H3. The quantitative estimate of drug-likeness (QED) is 0.835. The normalized spacial score (nSPS) is 21.6. The van der Waals surface area contributed by atoms with Crippen molar-refractivity contribution in [2.75, 3.05) is 33.2 Å². The average molecular weight is 294 g/mol. The summed E-state index contributed by atoms with van der Waals surface area (Å²) in [5.74, 6) is 0. The van der Waals surface area contributed by atoms with Crippen molar-refractivity contribution in [1.82, 2.24) is 9.21 Å². The first-order valence-corrected chi connectivity index (χ1v) is 7.83. The fraction of sp³-hybridized carbons (Fsp3) is 0.462. The predicted molar refractivity (Wildman–Crippen MR) is 75.4 cm³/mol. The van der Waals surface area contributed by atoms with Gasteiger partial charge in [0.2, 0.25) is 10.0 Å². The molecule has 2 rings (SSSR count). The molecule has 1 aromatic carbocycles. The van der Waals surface area contributed by atoms with Gasteiger partial charge in [0.05, 0.1) is 22.6 Å². The zero-order valence-corrected chi connectivity index (χ0v) is 12.2. The van der Waals surface area contributed by atoms with Gasteiger partial charge in [-0.25, -0.2) is 8.42 Å². The van der Waals surface area contributed by atoms with Crippen molar-refractivity contribution < 1.29 is 8.42 Å². The van der Waals surface area contributed by atoms with E-state index in [-0.39, 0.29) is 17.5 Å². The monoisotopic (exact) mass is 294 g/mol. The van der Waals surface area contributed by atoms with Gasteiger partial charge in [-0.05, 0) is 25.2 Å². The van der Waals surface area contributed by atoms with Crippen LogP contribution in [0, 0.1) is 11.3 Å². The number of sulfonamides is 1. The molecule has 1 aromatic rings. The lowest BCUT2D eigenvalue weighted by Gasteiger charge is -2.38. The Balaban J connectivity index is 2.36. The summed E-state index contributed by atoms with van der Waals surface area (Å²) < 4.78 is 26.8. The van der Waals surface area contributed by atoms with E-state index in [1.54, 1.807) is 12.1 Å². The minimum atomic E-state index is -3.60. The molecule has 108 valence electrons. The van der Waals surface area contributed by atoms with Crippen LogP contribution in [0.15, 0.2) is 29.2 Å². The molecular formula is C13H18N4O2S. The number of nitrogens with two attached hydrogens (primary N) is 1. The minimum absolute atomic E-state index is 0.152. The highest BCUT2D eigenvalue weighted by molar-refractivity contribution is 7.89. The van der Waals surface area contributed by atoms with Crippen LogP contribution in [0.2, 0.25) is 0 Å². The fourth-order valence-corrected chi connectivity index (χ4v) is 4.03. The van der Waals surface area contributed by atoms with E-state index in [1.165, 1.54) is 16.4 Å². The second kappa shape index (κ2) is 5.89. The molecule has 1 aliphatic rings. The van der Waals surface area contributed by atoms with Crippen molar-refractivity contribution in [1.29, 1.82) is 5.26 Å². The topological polar surface area (TPSA) is 90.4 Å². The molecule has 1 fully saturated rings. The van der Waals surface area contributed by atoms with E-state index >= 15 is 0 Å². The Morgan fingerprint density at radius 1 is 1.45 bits per heavy atom. The minimum Gasteiger partial charge on any atom is -0.329 e. The maximum atomic E-state index is 12.7. The van der Waals surface area contributed by atoms with Crippen molar-refractivity contribution in [2.24, 2.45) is 5.73 Å². The summed E-state index contributed by atoms with van der Waals surface area (Å²) in [7, 11) is -1.66. The number of likely N-dealkylation sites (N-methyl/N-ethyl adjacent to an activating group) is 1. The van der Waals surface area contributed by atoms with E-state index in [4.69, 9.17) is 11.0 Å². The third-order valence-corrected chi connectivity index (χ3v) is 5.42. The summed E-state index contributed by atoms with van der Waals surface area (Å²) in [5.41, 5.74) is 6.04. The number of piperazine rings is 1. The van der Waals surface area contributed by atoms with Crippen LogP contribution in [0.25, 0.3) is 0 Å². The number of rotatable bonds is 3. The molecule has 0 aromatic heterocycles. The smallest absolute Gasteiger partial charge is 0.243 e. The first-order chi connectivity index (χ1) is 9.48. The molecule has 1 atom stereocenters. The highest BCUT2D eigenvalue weighted by atomic mass is 32.2. The molecule has 6 nitrogen and oxygen atoms in total. The van der Waals surface area contributed by atoms with Crippen LogP contribution in [0.3, 0.4) is 0 Å². The van der Waals surface area contributed by atoms with Gasteiger partial charge in [0.25, 0.3) is 0 Å². The van der Waals surface area contributed by atoms with Gasteiger partial charge in [-0.1, -0.05) is 6.07 Å². The highest BCUT2D eigenvalue weighted by Crippen LogP contribution is 2.21. The van der Waals surface area contributed by atoms with E-state index in [0.29, 0.717) is 25.2 Å². The van der Waals surface area contributed by atoms with E-state index in [2.05, 4.69) is 4.90 Å². The van der Waals surface area contributed by atoms with Gasteiger partial charge in [0.15, 0.2) is 0 Å². The van der Waals surface area contributed by atoms with Crippen molar-refractivity contribution in [3.63, 3.8) is 0 Å². The molecule has 0 aliphatic carbocycles. The van der Waals surface area contributed by atoms with Gasteiger partial charge >= 0.3 is 0 Å². The van der Waals surface area contributed by atoms with E-state index in [9.17, 15) is 8.42 Å². The molecule has 7 heteroatoms. The van der Waals surface area contributed by atoms with Crippen LogP contribution in [0.1, 0.15) is 5.56 Å². The summed E-state index contributed by atoms with van der Waals surface area (Å²) in [6, 6.07) is 7.82. The molecule has 1 saturated heterocycles. The summed E-state index contributed by atoms with van der Waals surface area (Å²) >= 11 is 0. The fourth-order valence-electron chi connectivity index (χ4n) is 2.36. The van der Waals surface area contributed by atoms with Gasteiger partial charge in [0, 0.05) is 26.2 Å². The molecule has 0 amide bonds. The molecule has 0 saturated carbocycles. The Hall–Kier alpha value is -1.46. The highest BCUT2D eigenvalue weighted by Gasteiger charge is 2.34. The Bertz CT molecular complexity index is 624. The molecule has 1 aliphatic heterocycles. The van der Waals surface area contributed by atoms with Crippen LogP contribution < -0.4 is 5.73 Å². The number of hydrogen-bond donors (Lipinski definition) is 1. The third-order valence-electron chi connectivity index (χ3n) is 3.47. The van der Waals surface area contributed by atoms with E-state index < -0.39 is 10.0 Å². The average Bonchev–Trinajstić information content (AvgIpc) is 2.46. The Labute approximate surface area is 119 Å². The van der Waals surface area contributed by atoms with Gasteiger partial charge in [-0.15, -0.1) is 0 Å². The van der Waals surface area contributed by atoms with Gasteiger partial charge in [-0.3, -0.25) is 0 Å². The second-order valence-electron chi connectivity index (χ2n) is 4.91. The Kier molecular flexibility index (Phi) is 4.40. The number of nitriles is 1. The van der Waals surface area contributed by atoms with Gasteiger partial charge < -0.3 is 10.6 Å². The molecule has 0 spiro atoms. The summed E-state index contributed by atoms with van der Waals surface area (Å²) in [5, 5.41) is 8.89. The van der Waals surface area contributed by atoms with Crippen LogP contribution in [0.4, 0.5) is 0 Å². The maximum absolute atomic E-state index is 12.7. The van der Waals surface area contributed by atoms with Crippen LogP contribution in [0.5, 0.6) is 0 Å². The number of hydrogen-bond acceptors (Lipinski definition) is 5. The van der Waals surface area contributed by atoms with Crippen molar-refractivity contribution in [2.45, 2.75) is 10.9 Å². The number of benzene rings is 1. The number of nitrogens with zero attached hydrogens (tertiary/aromatic N) is 3. The Morgan fingerprint density at radius 2 is 2.20 bits per heavy atom. The SMILES string of the molecule is CN1CCN(S(=O)(=O)c2cccc(C#N)c2)C(CN)C1. The molecular weight excluding hydrogens is 276 g/mol. The second-order valence-corrected chi connectivity index (χ2v) is 6.80.